The van der Waals surface area contributed by atoms with Gasteiger partial charge in [-0.1, -0.05) is 6.07 Å². The van der Waals surface area contributed by atoms with Crippen LogP contribution >= 0.6 is 0 Å². The molecule has 17 heavy (non-hydrogen) atoms. The quantitative estimate of drug-likeness (QED) is 0.747. The smallest absolute Gasteiger partial charge is 0.251 e. The summed E-state index contributed by atoms with van der Waals surface area (Å²) < 4.78 is 1.52. The molecule has 0 aliphatic carbocycles. The third-order valence-corrected chi connectivity index (χ3v) is 2.59. The fourth-order valence-corrected chi connectivity index (χ4v) is 1.77. The molecule has 4 nitrogen and oxygen atoms in total. The van der Waals surface area contributed by atoms with E-state index in [4.69, 9.17) is 5.26 Å². The lowest BCUT2D eigenvalue weighted by Crippen LogP contribution is -2.19. The number of hydrogen-bond acceptors (Lipinski definition) is 3. The maximum absolute atomic E-state index is 11.7. The minimum atomic E-state index is -0.158. The normalized spacial score (nSPS) is 10.1. The predicted molar refractivity (Wildman–Crippen MR) is 63.6 cm³/mol. The third-order valence-electron chi connectivity index (χ3n) is 2.59. The number of fused-ring (bicyclic) bond motifs is 1. The molecule has 0 bridgehead atoms. The number of pyridine rings is 1. The summed E-state index contributed by atoms with van der Waals surface area (Å²) in [5, 5.41) is 9.72. The van der Waals surface area contributed by atoms with Gasteiger partial charge in [0.1, 0.15) is 6.29 Å². The molecular weight excluding hydrogens is 218 g/mol. The van der Waals surface area contributed by atoms with E-state index in [0.717, 1.165) is 11.7 Å². The summed E-state index contributed by atoms with van der Waals surface area (Å²) in [6.07, 6.45) is 1.06. The van der Waals surface area contributed by atoms with Gasteiger partial charge in [0, 0.05) is 19.0 Å². The van der Waals surface area contributed by atoms with Gasteiger partial charge in [0.05, 0.1) is 17.1 Å². The van der Waals surface area contributed by atoms with Crippen molar-refractivity contribution in [2.75, 3.05) is 0 Å². The second-order valence-corrected chi connectivity index (χ2v) is 3.66. The van der Waals surface area contributed by atoms with Crippen molar-refractivity contribution in [3.05, 3.63) is 46.2 Å². The van der Waals surface area contributed by atoms with Crippen LogP contribution in [0.4, 0.5) is 0 Å². The summed E-state index contributed by atoms with van der Waals surface area (Å²) >= 11 is 0. The van der Waals surface area contributed by atoms with Crippen molar-refractivity contribution in [2.24, 2.45) is 0 Å². The molecule has 2 rings (SSSR count). The van der Waals surface area contributed by atoms with Crippen molar-refractivity contribution in [2.45, 2.75) is 13.0 Å². The van der Waals surface area contributed by atoms with E-state index < -0.39 is 0 Å². The van der Waals surface area contributed by atoms with Gasteiger partial charge in [-0.25, -0.2) is 0 Å². The lowest BCUT2D eigenvalue weighted by Gasteiger charge is -2.08. The Labute approximate surface area is 97.7 Å². The fraction of sp³-hybridized carbons (Fsp3) is 0.154. The molecule has 0 N–H and O–H groups in total. The van der Waals surface area contributed by atoms with Gasteiger partial charge in [-0.05, 0) is 23.6 Å². The van der Waals surface area contributed by atoms with Crippen molar-refractivity contribution >= 4 is 17.2 Å². The Balaban J connectivity index is 2.69. The summed E-state index contributed by atoms with van der Waals surface area (Å²) in [4.78, 5) is 22.1. The van der Waals surface area contributed by atoms with Crippen molar-refractivity contribution in [3.8, 4) is 6.07 Å². The zero-order chi connectivity index (χ0) is 12.3. The van der Waals surface area contributed by atoms with Gasteiger partial charge in [0.2, 0.25) is 0 Å². The van der Waals surface area contributed by atoms with Crippen LogP contribution in [0.1, 0.15) is 12.0 Å². The summed E-state index contributed by atoms with van der Waals surface area (Å²) in [5.74, 6) is 0. The molecule has 4 heteroatoms. The van der Waals surface area contributed by atoms with Gasteiger partial charge >= 0.3 is 0 Å². The zero-order valence-electron chi connectivity index (χ0n) is 9.09. The number of aryl methyl sites for hydroxylation is 1. The van der Waals surface area contributed by atoms with Crippen molar-refractivity contribution in [1.29, 1.82) is 5.26 Å². The molecule has 0 saturated heterocycles. The van der Waals surface area contributed by atoms with Crippen LogP contribution in [0.15, 0.2) is 35.1 Å². The van der Waals surface area contributed by atoms with Crippen LogP contribution < -0.4 is 5.56 Å². The minimum absolute atomic E-state index is 0.158. The van der Waals surface area contributed by atoms with E-state index in [1.165, 1.54) is 10.6 Å². The first kappa shape index (κ1) is 11.1. The van der Waals surface area contributed by atoms with Crippen molar-refractivity contribution in [3.63, 3.8) is 0 Å². The molecule has 84 valence electrons. The second kappa shape index (κ2) is 4.62. The molecule has 0 spiro atoms. The highest BCUT2D eigenvalue weighted by atomic mass is 16.3. The Morgan fingerprint density at radius 1 is 1.41 bits per heavy atom. The standard InChI is InChI=1S/C13H10N2O2/c14-9-10-2-3-11-4-5-13(17)15(6-1-7-16)12(11)8-10/h2-5,7-8H,1,6H2/i13+2. The predicted octanol–water partition coefficient (Wildman–Crippen LogP) is 1.46. The molecule has 0 unspecified atom stereocenters. The molecule has 0 fully saturated rings. The van der Waals surface area contributed by atoms with Crippen LogP contribution in [0.25, 0.3) is 10.9 Å². The molecule has 0 aliphatic heterocycles. The highest BCUT2D eigenvalue weighted by molar-refractivity contribution is 5.80. The average molecular weight is 228 g/mol. The number of aromatic nitrogens is 1. The Kier molecular flexibility index (Phi) is 3.01. The monoisotopic (exact) mass is 228 g/mol. The Morgan fingerprint density at radius 2 is 2.24 bits per heavy atom. The molecule has 0 radical (unpaired) electrons. The summed E-state index contributed by atoms with van der Waals surface area (Å²) in [6.45, 7) is 0.342. The molecule has 1 aromatic carbocycles. The van der Waals surface area contributed by atoms with Gasteiger partial charge in [-0.2, -0.15) is 5.26 Å². The zero-order valence-corrected chi connectivity index (χ0v) is 9.09. The van der Waals surface area contributed by atoms with E-state index in [1.807, 2.05) is 6.07 Å². The summed E-state index contributed by atoms with van der Waals surface area (Å²) in [7, 11) is 0. The highest BCUT2D eigenvalue weighted by Crippen LogP contribution is 2.14. The van der Waals surface area contributed by atoms with E-state index in [2.05, 4.69) is 0 Å². The van der Waals surface area contributed by atoms with Crippen molar-refractivity contribution < 1.29 is 4.79 Å². The van der Waals surface area contributed by atoms with Crippen LogP contribution in [0.2, 0.25) is 0 Å². The first-order chi connectivity index (χ1) is 8.26. The first-order valence-corrected chi connectivity index (χ1v) is 5.23. The van der Waals surface area contributed by atoms with Gasteiger partial charge in [-0.15, -0.1) is 0 Å². The molecule has 0 atom stereocenters. The molecular formula is C13H10N2O2. The average Bonchev–Trinajstić information content (AvgIpc) is 2.37. The maximum atomic E-state index is 11.7. The Morgan fingerprint density at radius 3 is 2.94 bits per heavy atom. The van der Waals surface area contributed by atoms with Crippen LogP contribution in [-0.2, 0) is 11.3 Å². The van der Waals surface area contributed by atoms with Gasteiger partial charge < -0.3 is 9.36 Å². The molecule has 1 heterocycles. The number of hydrogen-bond donors (Lipinski definition) is 0. The third kappa shape index (κ3) is 2.08. The van der Waals surface area contributed by atoms with E-state index in [-0.39, 0.29) is 12.0 Å². The molecule has 0 amide bonds. The topological polar surface area (TPSA) is 62.9 Å². The van der Waals surface area contributed by atoms with Gasteiger partial charge in [0.15, 0.2) is 0 Å². The fourth-order valence-electron chi connectivity index (χ4n) is 1.77. The molecule has 0 saturated carbocycles. The second-order valence-electron chi connectivity index (χ2n) is 3.66. The number of carbonyl (C=O) groups is 1. The van der Waals surface area contributed by atoms with Crippen molar-refractivity contribution in [1.82, 2.24) is 4.57 Å². The van der Waals surface area contributed by atoms with E-state index in [9.17, 15) is 9.59 Å². The summed E-state index contributed by atoms with van der Waals surface area (Å²) in [6, 6.07) is 10.4. The van der Waals surface area contributed by atoms with Gasteiger partial charge in [-0.3, -0.25) is 4.79 Å². The van der Waals surface area contributed by atoms with Gasteiger partial charge in [0.25, 0.3) is 5.56 Å². The van der Waals surface area contributed by atoms with Crippen LogP contribution in [0.5, 0.6) is 0 Å². The number of benzene rings is 1. The van der Waals surface area contributed by atoms with Crippen LogP contribution in [0.3, 0.4) is 0 Å². The van der Waals surface area contributed by atoms with Crippen LogP contribution in [-0.4, -0.2) is 10.9 Å². The number of nitriles is 1. The van der Waals surface area contributed by atoms with Crippen LogP contribution in [0, 0.1) is 11.3 Å². The Hall–Kier alpha value is -2.41. The summed E-state index contributed by atoms with van der Waals surface area (Å²) in [5.41, 5.74) is 1.04. The van der Waals surface area contributed by atoms with E-state index in [1.54, 1.807) is 24.3 Å². The first-order valence-electron chi connectivity index (χ1n) is 5.23. The lowest BCUT2D eigenvalue weighted by molar-refractivity contribution is -0.108. The molecule has 2 aromatic rings. The largest absolute Gasteiger partial charge is 0.308 e. The lowest BCUT2D eigenvalue weighted by atomic mass is 10.1. The Bertz CT molecular complexity index is 665. The maximum Gasteiger partial charge on any atom is 0.251 e. The number of rotatable bonds is 3. The minimum Gasteiger partial charge on any atom is -0.308 e. The molecule has 0 aliphatic rings. The number of nitrogens with zero attached hydrogens (tertiary/aromatic N) is 2. The van der Waals surface area contributed by atoms with E-state index >= 15 is 0 Å². The number of aldehydes is 1. The highest BCUT2D eigenvalue weighted by Gasteiger charge is 2.03. The van der Waals surface area contributed by atoms with E-state index in [0.29, 0.717) is 17.6 Å². The SMILES string of the molecule is N#Cc1ccc2cc[14c](=O)n(CCC=O)c2c1. The molecule has 1 aromatic heterocycles. The number of carbonyl (C=O) groups excluding carboxylic acids is 1.